The van der Waals surface area contributed by atoms with Gasteiger partial charge in [-0.2, -0.15) is 0 Å². The molecule has 0 bridgehead atoms. The first-order valence-corrected chi connectivity index (χ1v) is 10.3. The second-order valence-electron chi connectivity index (χ2n) is 6.76. The van der Waals surface area contributed by atoms with Crippen LogP contribution >= 0.6 is 23.4 Å². The number of aliphatic imine (C=N–C) groups is 1. The number of carbonyl (C=O) groups is 4. The molecule has 0 aromatic carbocycles. The van der Waals surface area contributed by atoms with Crippen LogP contribution in [0.15, 0.2) is 26.7 Å². The third-order valence-corrected chi connectivity index (χ3v) is 6.14. The lowest BCUT2D eigenvalue weighted by molar-refractivity contribution is -0.131. The smallest absolute Gasteiger partial charge is 0.290 e. The summed E-state index contributed by atoms with van der Waals surface area (Å²) < 4.78 is 5.48. The van der Waals surface area contributed by atoms with Gasteiger partial charge in [0.15, 0.2) is 0 Å². The average Bonchev–Trinajstić information content (AvgIpc) is 3.22. The summed E-state index contributed by atoms with van der Waals surface area (Å²) in [6, 6.07) is -0.290. The van der Waals surface area contributed by atoms with Crippen LogP contribution in [0.4, 0.5) is 4.79 Å². The molecule has 2 atom stereocenters. The Hall–Kier alpha value is -2.17. The van der Waals surface area contributed by atoms with Gasteiger partial charge >= 0.3 is 0 Å². The Kier molecular flexibility index (Phi) is 6.76. The van der Waals surface area contributed by atoms with Gasteiger partial charge in [-0.15, -0.1) is 0 Å². The molecule has 156 valence electrons. The molecule has 4 amide bonds. The number of likely N-dealkylation sites (tertiary alicyclic amines) is 1. The Balaban J connectivity index is 1.59. The number of thioether (sulfide) groups is 1. The minimum atomic E-state index is -0.574. The lowest BCUT2D eigenvalue weighted by atomic mass is 10.0. The maximum Gasteiger partial charge on any atom is 0.290 e. The highest BCUT2D eigenvalue weighted by atomic mass is 35.5. The van der Waals surface area contributed by atoms with Crippen molar-refractivity contribution in [3.63, 3.8) is 0 Å². The second kappa shape index (κ2) is 9.10. The van der Waals surface area contributed by atoms with Crippen LogP contribution in [0.1, 0.15) is 26.2 Å². The van der Waals surface area contributed by atoms with Crippen LogP contribution in [0.5, 0.6) is 0 Å². The van der Waals surface area contributed by atoms with Gasteiger partial charge in [-0.25, -0.2) is 4.99 Å². The summed E-state index contributed by atoms with van der Waals surface area (Å²) >= 11 is 6.74. The highest BCUT2D eigenvalue weighted by Gasteiger charge is 2.34. The molecule has 0 radical (unpaired) electrons. The number of ether oxygens (including phenoxy) is 1. The molecule has 0 saturated carbocycles. The average molecular weight is 441 g/mol. The molecule has 9 nitrogen and oxygen atoms in total. The predicted molar refractivity (Wildman–Crippen MR) is 108 cm³/mol. The number of piperidine rings is 1. The number of halogens is 1. The molecule has 11 heteroatoms. The van der Waals surface area contributed by atoms with Gasteiger partial charge in [0.1, 0.15) is 10.9 Å². The van der Waals surface area contributed by atoms with E-state index in [1.165, 1.54) is 12.0 Å². The highest BCUT2D eigenvalue weighted by Crippen LogP contribution is 2.26. The lowest BCUT2D eigenvalue weighted by Crippen LogP contribution is -2.56. The molecule has 0 unspecified atom stereocenters. The number of hydrogen-bond acceptors (Lipinski definition) is 7. The van der Waals surface area contributed by atoms with Gasteiger partial charge in [0.2, 0.25) is 5.91 Å². The largest absolute Gasteiger partial charge is 0.377 e. The third kappa shape index (κ3) is 4.88. The van der Waals surface area contributed by atoms with E-state index in [0.717, 1.165) is 18.1 Å². The first-order chi connectivity index (χ1) is 13.8. The highest BCUT2D eigenvalue weighted by molar-refractivity contribution is 8.18. The van der Waals surface area contributed by atoms with E-state index in [1.54, 1.807) is 0 Å². The van der Waals surface area contributed by atoms with Gasteiger partial charge in [-0.3, -0.25) is 24.5 Å². The lowest BCUT2D eigenvalue weighted by Gasteiger charge is -2.37. The van der Waals surface area contributed by atoms with Gasteiger partial charge in [-0.05, 0) is 30.2 Å². The topological polar surface area (TPSA) is 117 Å². The van der Waals surface area contributed by atoms with Crippen molar-refractivity contribution in [2.45, 2.75) is 38.3 Å². The van der Waals surface area contributed by atoms with Gasteiger partial charge < -0.3 is 15.0 Å². The SMILES string of the molecule is CCC1=C(Cl)N=C(C(=O)N[C@@H]2CCN(C(=O)/C=C3\SC(=O)NC3=O)C[C@@H]2OC)C1. The summed E-state index contributed by atoms with van der Waals surface area (Å²) in [5.74, 6) is -1.25. The van der Waals surface area contributed by atoms with Crippen molar-refractivity contribution >= 4 is 52.0 Å². The molecule has 2 N–H and O–H groups in total. The maximum atomic E-state index is 12.5. The van der Waals surface area contributed by atoms with E-state index in [1.807, 2.05) is 6.92 Å². The van der Waals surface area contributed by atoms with Crippen molar-refractivity contribution < 1.29 is 23.9 Å². The summed E-state index contributed by atoms with van der Waals surface area (Å²) in [5.41, 5.74) is 1.31. The van der Waals surface area contributed by atoms with Crippen molar-refractivity contribution in [2.24, 2.45) is 4.99 Å². The number of methoxy groups -OCH3 is 1. The molecule has 0 aliphatic carbocycles. The van der Waals surface area contributed by atoms with Gasteiger partial charge in [0.25, 0.3) is 17.1 Å². The maximum absolute atomic E-state index is 12.5. The number of hydrogen-bond donors (Lipinski definition) is 2. The fourth-order valence-electron chi connectivity index (χ4n) is 3.31. The molecule has 0 aromatic rings. The molecule has 29 heavy (non-hydrogen) atoms. The summed E-state index contributed by atoms with van der Waals surface area (Å²) in [6.45, 7) is 2.58. The number of allylic oxidation sites excluding steroid dienone is 1. The minimum Gasteiger partial charge on any atom is -0.377 e. The van der Waals surface area contributed by atoms with E-state index in [-0.39, 0.29) is 29.3 Å². The molecule has 3 heterocycles. The van der Waals surface area contributed by atoms with Gasteiger partial charge in [0.05, 0.1) is 17.1 Å². The van der Waals surface area contributed by atoms with Crippen LogP contribution in [0.25, 0.3) is 0 Å². The van der Waals surface area contributed by atoms with Crippen LogP contribution < -0.4 is 10.6 Å². The van der Waals surface area contributed by atoms with E-state index in [9.17, 15) is 19.2 Å². The van der Waals surface area contributed by atoms with Crippen LogP contribution in [-0.2, 0) is 19.1 Å². The standard InChI is InChI=1S/C18H21ClN4O5S/c1-3-9-6-11(20-15(9)19)16(25)21-10-4-5-23(8-12(10)28-2)14(24)7-13-17(26)22-18(27)29-13/h7,10,12H,3-6,8H2,1-2H3,(H,21,25)(H,22,26,27)/b13-7-/t10-,12+/m1/s1. The Bertz CT molecular complexity index is 853. The van der Waals surface area contributed by atoms with Crippen LogP contribution in [0, 0.1) is 0 Å². The normalized spacial score (nSPS) is 26.1. The monoisotopic (exact) mass is 440 g/mol. The van der Waals surface area contributed by atoms with E-state index < -0.39 is 17.3 Å². The van der Waals surface area contributed by atoms with Crippen molar-refractivity contribution in [1.82, 2.24) is 15.5 Å². The Labute approximate surface area is 176 Å². The second-order valence-corrected chi connectivity index (χ2v) is 8.14. The number of nitrogens with one attached hydrogen (secondary N) is 2. The van der Waals surface area contributed by atoms with Crippen LogP contribution in [-0.4, -0.2) is 65.9 Å². The quantitative estimate of drug-likeness (QED) is 0.491. The molecule has 3 aliphatic rings. The van der Waals surface area contributed by atoms with E-state index in [0.29, 0.717) is 42.0 Å². The number of rotatable bonds is 5. The number of nitrogens with zero attached hydrogens (tertiary/aromatic N) is 2. The molecule has 0 spiro atoms. The summed E-state index contributed by atoms with van der Waals surface area (Å²) in [7, 11) is 1.51. The van der Waals surface area contributed by atoms with Gasteiger partial charge in [-0.1, -0.05) is 18.5 Å². The van der Waals surface area contributed by atoms with Gasteiger partial charge in [0, 0.05) is 32.7 Å². The van der Waals surface area contributed by atoms with Crippen molar-refractivity contribution in [3.05, 3.63) is 21.7 Å². The van der Waals surface area contributed by atoms with Crippen LogP contribution in [0.3, 0.4) is 0 Å². The summed E-state index contributed by atoms with van der Waals surface area (Å²) in [4.78, 5) is 53.6. The van der Waals surface area contributed by atoms with Crippen LogP contribution in [0.2, 0.25) is 0 Å². The van der Waals surface area contributed by atoms with Crippen molar-refractivity contribution in [1.29, 1.82) is 0 Å². The zero-order valence-electron chi connectivity index (χ0n) is 16.0. The molecule has 0 aromatic heterocycles. The number of imide groups is 1. The molecule has 3 aliphatic heterocycles. The minimum absolute atomic E-state index is 0.0692. The third-order valence-electron chi connectivity index (χ3n) is 4.98. The molecule has 2 saturated heterocycles. The fourth-order valence-corrected chi connectivity index (χ4v) is 4.26. The molecular weight excluding hydrogens is 420 g/mol. The first kappa shape index (κ1) is 21.5. The van der Waals surface area contributed by atoms with E-state index in [4.69, 9.17) is 16.3 Å². The molecular formula is C18H21ClN4O5S. The predicted octanol–water partition coefficient (Wildman–Crippen LogP) is 1.29. The number of amides is 4. The Morgan fingerprint density at radius 2 is 2.21 bits per heavy atom. The van der Waals surface area contributed by atoms with Crippen molar-refractivity contribution in [3.8, 4) is 0 Å². The van der Waals surface area contributed by atoms with Crippen molar-refractivity contribution in [2.75, 3.05) is 20.2 Å². The molecule has 2 fully saturated rings. The Morgan fingerprint density at radius 1 is 1.45 bits per heavy atom. The zero-order valence-corrected chi connectivity index (χ0v) is 17.6. The fraction of sp³-hybridized carbons (Fsp3) is 0.500. The molecule has 3 rings (SSSR count). The Morgan fingerprint density at radius 3 is 2.79 bits per heavy atom. The summed E-state index contributed by atoms with van der Waals surface area (Å²) in [5, 5.41) is 4.91. The van der Waals surface area contributed by atoms with E-state index in [2.05, 4.69) is 15.6 Å². The summed E-state index contributed by atoms with van der Waals surface area (Å²) in [6.07, 6.45) is 2.38. The number of carbonyl (C=O) groups excluding carboxylic acids is 4. The first-order valence-electron chi connectivity index (χ1n) is 9.14. The van der Waals surface area contributed by atoms with E-state index >= 15 is 0 Å². The zero-order chi connectivity index (χ0) is 21.1.